The van der Waals surface area contributed by atoms with Crippen LogP contribution >= 0.6 is 0 Å². The molecule has 1 aromatic rings. The van der Waals surface area contributed by atoms with Gasteiger partial charge in [-0.1, -0.05) is 30.3 Å². The first kappa shape index (κ1) is 13.8. The van der Waals surface area contributed by atoms with E-state index >= 15 is 0 Å². The van der Waals surface area contributed by atoms with Gasteiger partial charge in [0.2, 0.25) is 0 Å². The van der Waals surface area contributed by atoms with Gasteiger partial charge in [-0.15, -0.1) is 0 Å². The van der Waals surface area contributed by atoms with Crippen molar-refractivity contribution in [3.63, 3.8) is 0 Å². The van der Waals surface area contributed by atoms with Gasteiger partial charge >= 0.3 is 0 Å². The fraction of sp³-hybridized carbons (Fsp3) is 0.467. The van der Waals surface area contributed by atoms with Gasteiger partial charge in [0.1, 0.15) is 0 Å². The summed E-state index contributed by atoms with van der Waals surface area (Å²) < 4.78 is 5.11. The van der Waals surface area contributed by atoms with Crippen LogP contribution < -0.4 is 0 Å². The SMILES string of the molecule is CC=C(C)N(CC)Cc1ccc(COC)cc1. The monoisotopic (exact) mass is 233 g/mol. The fourth-order valence-corrected chi connectivity index (χ4v) is 1.80. The highest BCUT2D eigenvalue weighted by Gasteiger charge is 2.03. The highest BCUT2D eigenvalue weighted by atomic mass is 16.5. The van der Waals surface area contributed by atoms with Gasteiger partial charge in [-0.05, 0) is 31.9 Å². The first-order valence-corrected chi connectivity index (χ1v) is 6.15. The predicted molar refractivity (Wildman–Crippen MR) is 72.7 cm³/mol. The zero-order valence-electron chi connectivity index (χ0n) is 11.4. The molecule has 0 unspecified atom stereocenters. The third-order valence-corrected chi connectivity index (χ3v) is 3.01. The van der Waals surface area contributed by atoms with Crippen molar-refractivity contribution in [3.05, 3.63) is 47.2 Å². The van der Waals surface area contributed by atoms with Crippen LogP contribution in [0.1, 0.15) is 31.9 Å². The van der Waals surface area contributed by atoms with Crippen LogP contribution in [0.5, 0.6) is 0 Å². The molecule has 2 heteroatoms. The number of allylic oxidation sites excluding steroid dienone is 2. The van der Waals surface area contributed by atoms with Crippen LogP contribution in [-0.4, -0.2) is 18.6 Å². The predicted octanol–water partition coefficient (Wildman–Crippen LogP) is 3.58. The first-order chi connectivity index (χ1) is 8.21. The lowest BCUT2D eigenvalue weighted by atomic mass is 10.1. The molecule has 0 amide bonds. The topological polar surface area (TPSA) is 12.5 Å². The van der Waals surface area contributed by atoms with E-state index < -0.39 is 0 Å². The average Bonchev–Trinajstić information content (AvgIpc) is 2.37. The van der Waals surface area contributed by atoms with Gasteiger partial charge in [-0.3, -0.25) is 0 Å². The third kappa shape index (κ3) is 4.23. The fourth-order valence-electron chi connectivity index (χ4n) is 1.80. The van der Waals surface area contributed by atoms with Crippen LogP contribution in [-0.2, 0) is 17.9 Å². The Kier molecular flexibility index (Phi) is 5.78. The summed E-state index contributed by atoms with van der Waals surface area (Å²) in [5, 5.41) is 0. The van der Waals surface area contributed by atoms with E-state index in [0.29, 0.717) is 6.61 Å². The zero-order chi connectivity index (χ0) is 12.7. The molecule has 0 heterocycles. The number of benzene rings is 1. The Morgan fingerprint density at radius 3 is 2.29 bits per heavy atom. The second-order valence-electron chi connectivity index (χ2n) is 4.19. The molecule has 94 valence electrons. The van der Waals surface area contributed by atoms with Gasteiger partial charge in [0, 0.05) is 25.9 Å². The Hall–Kier alpha value is -1.28. The highest BCUT2D eigenvalue weighted by molar-refractivity contribution is 5.22. The van der Waals surface area contributed by atoms with E-state index in [1.165, 1.54) is 16.8 Å². The third-order valence-electron chi connectivity index (χ3n) is 3.01. The molecule has 1 rings (SSSR count). The molecule has 0 aliphatic heterocycles. The number of ether oxygens (including phenoxy) is 1. The maximum absolute atomic E-state index is 5.11. The highest BCUT2D eigenvalue weighted by Crippen LogP contribution is 2.12. The van der Waals surface area contributed by atoms with Gasteiger partial charge in [0.25, 0.3) is 0 Å². The van der Waals surface area contributed by atoms with E-state index in [1.807, 2.05) is 0 Å². The van der Waals surface area contributed by atoms with Crippen LogP contribution in [0.3, 0.4) is 0 Å². The van der Waals surface area contributed by atoms with Gasteiger partial charge in [0.05, 0.1) is 6.61 Å². The lowest BCUT2D eigenvalue weighted by Gasteiger charge is -2.23. The largest absolute Gasteiger partial charge is 0.380 e. The van der Waals surface area contributed by atoms with Crippen molar-refractivity contribution in [2.45, 2.75) is 33.9 Å². The second kappa shape index (κ2) is 7.13. The molecule has 1 aromatic carbocycles. The molecule has 0 aliphatic carbocycles. The van der Waals surface area contributed by atoms with E-state index in [-0.39, 0.29) is 0 Å². The summed E-state index contributed by atoms with van der Waals surface area (Å²) in [6.07, 6.45) is 2.16. The molecule has 0 radical (unpaired) electrons. The van der Waals surface area contributed by atoms with E-state index in [9.17, 15) is 0 Å². The molecule has 0 atom stereocenters. The van der Waals surface area contributed by atoms with Gasteiger partial charge in [-0.2, -0.15) is 0 Å². The summed E-state index contributed by atoms with van der Waals surface area (Å²) in [6.45, 7) is 9.12. The quantitative estimate of drug-likeness (QED) is 0.744. The maximum atomic E-state index is 5.11. The molecule has 2 nitrogen and oxygen atoms in total. The number of rotatable bonds is 6. The summed E-state index contributed by atoms with van der Waals surface area (Å²) in [5.74, 6) is 0. The summed E-state index contributed by atoms with van der Waals surface area (Å²) >= 11 is 0. The van der Waals surface area contributed by atoms with Crippen molar-refractivity contribution in [3.8, 4) is 0 Å². The van der Waals surface area contributed by atoms with Crippen LogP contribution in [0.2, 0.25) is 0 Å². The Labute approximate surface area is 105 Å². The minimum atomic E-state index is 0.686. The summed E-state index contributed by atoms with van der Waals surface area (Å²) in [7, 11) is 1.72. The van der Waals surface area contributed by atoms with E-state index in [0.717, 1.165) is 13.1 Å². The Morgan fingerprint density at radius 2 is 1.82 bits per heavy atom. The lowest BCUT2D eigenvalue weighted by Crippen LogP contribution is -2.20. The lowest BCUT2D eigenvalue weighted by molar-refractivity contribution is 0.185. The number of methoxy groups -OCH3 is 1. The maximum Gasteiger partial charge on any atom is 0.0713 e. The molecule has 0 N–H and O–H groups in total. The Balaban J connectivity index is 2.67. The van der Waals surface area contributed by atoms with Crippen LogP contribution in [0, 0.1) is 0 Å². The number of nitrogens with zero attached hydrogens (tertiary/aromatic N) is 1. The first-order valence-electron chi connectivity index (χ1n) is 6.15. The molecule has 0 bridgehead atoms. The van der Waals surface area contributed by atoms with Crippen molar-refractivity contribution in [1.82, 2.24) is 4.90 Å². The normalized spacial score (nSPS) is 11.6. The molecule has 0 fully saturated rings. The Bertz CT molecular complexity index is 354. The number of hydrogen-bond acceptors (Lipinski definition) is 2. The van der Waals surface area contributed by atoms with Gasteiger partial charge in [-0.25, -0.2) is 0 Å². The molecule has 0 spiro atoms. The zero-order valence-corrected chi connectivity index (χ0v) is 11.4. The molecule has 0 aromatic heterocycles. The summed E-state index contributed by atoms with van der Waals surface area (Å²) in [6, 6.07) is 8.63. The van der Waals surface area contributed by atoms with Crippen LogP contribution in [0.15, 0.2) is 36.0 Å². The van der Waals surface area contributed by atoms with E-state index in [1.54, 1.807) is 7.11 Å². The van der Waals surface area contributed by atoms with Crippen molar-refractivity contribution in [1.29, 1.82) is 0 Å². The average molecular weight is 233 g/mol. The molecular formula is C15H23NO. The summed E-state index contributed by atoms with van der Waals surface area (Å²) in [5.41, 5.74) is 3.89. The second-order valence-corrected chi connectivity index (χ2v) is 4.19. The number of hydrogen-bond donors (Lipinski definition) is 0. The van der Waals surface area contributed by atoms with Crippen LogP contribution in [0.4, 0.5) is 0 Å². The van der Waals surface area contributed by atoms with Crippen molar-refractivity contribution < 1.29 is 4.74 Å². The standard InChI is InChI=1S/C15H23NO/c1-5-13(3)16(6-2)11-14-7-9-15(10-8-14)12-17-4/h5,7-10H,6,11-12H2,1-4H3. The smallest absolute Gasteiger partial charge is 0.0713 e. The molecule has 17 heavy (non-hydrogen) atoms. The van der Waals surface area contributed by atoms with Crippen molar-refractivity contribution in [2.75, 3.05) is 13.7 Å². The Morgan fingerprint density at radius 1 is 1.24 bits per heavy atom. The summed E-state index contributed by atoms with van der Waals surface area (Å²) in [4.78, 5) is 2.37. The van der Waals surface area contributed by atoms with Crippen molar-refractivity contribution in [2.24, 2.45) is 0 Å². The van der Waals surface area contributed by atoms with E-state index in [4.69, 9.17) is 4.74 Å². The van der Waals surface area contributed by atoms with Gasteiger partial charge in [0.15, 0.2) is 0 Å². The minimum absolute atomic E-state index is 0.686. The molecular weight excluding hydrogens is 210 g/mol. The van der Waals surface area contributed by atoms with E-state index in [2.05, 4.69) is 56.0 Å². The molecule has 0 saturated heterocycles. The molecule has 0 saturated carbocycles. The van der Waals surface area contributed by atoms with Crippen molar-refractivity contribution >= 4 is 0 Å². The van der Waals surface area contributed by atoms with Crippen LogP contribution in [0.25, 0.3) is 0 Å². The minimum Gasteiger partial charge on any atom is -0.380 e. The van der Waals surface area contributed by atoms with Gasteiger partial charge < -0.3 is 9.64 Å². The molecule has 0 aliphatic rings.